The van der Waals surface area contributed by atoms with Crippen molar-refractivity contribution in [2.75, 3.05) is 6.61 Å². The minimum atomic E-state index is -3.49. The van der Waals surface area contributed by atoms with E-state index in [1.165, 1.54) is 18.8 Å². The zero-order valence-corrected chi connectivity index (χ0v) is 12.6. The van der Waals surface area contributed by atoms with Crippen molar-refractivity contribution in [1.29, 1.82) is 0 Å². The van der Waals surface area contributed by atoms with Crippen LogP contribution in [0, 0.1) is 5.92 Å². The molecule has 1 saturated carbocycles. The SMILES string of the molecule is CC1CCCCC1NS(=O)(=O)c1cnn(CCCO)c1. The van der Waals surface area contributed by atoms with Crippen molar-refractivity contribution in [3.63, 3.8) is 0 Å². The molecule has 0 spiro atoms. The lowest BCUT2D eigenvalue weighted by Gasteiger charge is -2.28. The second-order valence-electron chi connectivity index (χ2n) is 5.51. The van der Waals surface area contributed by atoms with E-state index in [2.05, 4.69) is 16.7 Å². The number of nitrogens with zero attached hydrogens (tertiary/aromatic N) is 2. The molecule has 0 radical (unpaired) electrons. The lowest BCUT2D eigenvalue weighted by molar-refractivity contribution is 0.277. The fraction of sp³-hybridized carbons (Fsp3) is 0.769. The molecule has 0 aliphatic heterocycles. The van der Waals surface area contributed by atoms with Gasteiger partial charge in [-0.2, -0.15) is 5.10 Å². The molecule has 20 heavy (non-hydrogen) atoms. The molecule has 2 atom stereocenters. The molecule has 7 heteroatoms. The number of aliphatic hydroxyl groups is 1. The van der Waals surface area contributed by atoms with Gasteiger partial charge in [0.05, 0.1) is 6.20 Å². The zero-order valence-electron chi connectivity index (χ0n) is 11.8. The lowest BCUT2D eigenvalue weighted by Crippen LogP contribution is -2.40. The van der Waals surface area contributed by atoms with Crippen LogP contribution in [-0.2, 0) is 16.6 Å². The molecule has 114 valence electrons. The first-order valence-electron chi connectivity index (χ1n) is 7.18. The molecule has 2 unspecified atom stereocenters. The number of aromatic nitrogens is 2. The average molecular weight is 301 g/mol. The summed E-state index contributed by atoms with van der Waals surface area (Å²) in [6, 6.07) is 0.0227. The quantitative estimate of drug-likeness (QED) is 0.825. The Hall–Kier alpha value is -0.920. The van der Waals surface area contributed by atoms with Crippen LogP contribution in [0.15, 0.2) is 17.3 Å². The monoisotopic (exact) mass is 301 g/mol. The summed E-state index contributed by atoms with van der Waals surface area (Å²) < 4.78 is 29.0. The van der Waals surface area contributed by atoms with Crippen LogP contribution in [0.2, 0.25) is 0 Å². The summed E-state index contributed by atoms with van der Waals surface area (Å²) >= 11 is 0. The first-order valence-corrected chi connectivity index (χ1v) is 8.67. The molecule has 2 rings (SSSR count). The largest absolute Gasteiger partial charge is 0.396 e. The smallest absolute Gasteiger partial charge is 0.243 e. The standard InChI is InChI=1S/C13H23N3O3S/c1-11-5-2-3-6-13(11)15-20(18,19)12-9-14-16(10-12)7-4-8-17/h9-11,13,15,17H,2-8H2,1H3. The molecule has 1 aromatic heterocycles. The van der Waals surface area contributed by atoms with E-state index in [4.69, 9.17) is 5.11 Å². The van der Waals surface area contributed by atoms with Crippen LogP contribution < -0.4 is 4.72 Å². The van der Waals surface area contributed by atoms with Crippen LogP contribution in [0.4, 0.5) is 0 Å². The maximum Gasteiger partial charge on any atom is 0.243 e. The lowest BCUT2D eigenvalue weighted by atomic mass is 9.87. The molecular formula is C13H23N3O3S. The van der Waals surface area contributed by atoms with Crippen LogP contribution in [0.3, 0.4) is 0 Å². The van der Waals surface area contributed by atoms with Gasteiger partial charge in [0.2, 0.25) is 10.0 Å². The molecule has 2 N–H and O–H groups in total. The Morgan fingerprint density at radius 2 is 2.20 bits per heavy atom. The molecule has 6 nitrogen and oxygen atoms in total. The van der Waals surface area contributed by atoms with Gasteiger partial charge in [-0.15, -0.1) is 0 Å². The average Bonchev–Trinajstić information content (AvgIpc) is 2.88. The Morgan fingerprint density at radius 3 is 2.90 bits per heavy atom. The maximum absolute atomic E-state index is 12.3. The summed E-state index contributed by atoms with van der Waals surface area (Å²) in [7, 11) is -3.49. The summed E-state index contributed by atoms with van der Waals surface area (Å²) in [5.74, 6) is 0.378. The van der Waals surface area contributed by atoms with Crippen molar-refractivity contribution in [2.45, 2.75) is 56.5 Å². The Bertz CT molecular complexity index is 527. The Morgan fingerprint density at radius 1 is 1.45 bits per heavy atom. The summed E-state index contributed by atoms with van der Waals surface area (Å²) in [6.45, 7) is 2.68. The molecular weight excluding hydrogens is 278 g/mol. The number of hydrogen-bond donors (Lipinski definition) is 2. The number of aryl methyl sites for hydroxylation is 1. The number of aliphatic hydroxyl groups excluding tert-OH is 1. The van der Waals surface area contributed by atoms with Gasteiger partial charge in [0.1, 0.15) is 4.90 Å². The highest BCUT2D eigenvalue weighted by Gasteiger charge is 2.27. The highest BCUT2D eigenvalue weighted by Crippen LogP contribution is 2.25. The van der Waals surface area contributed by atoms with Gasteiger partial charge in [0.15, 0.2) is 0 Å². The van der Waals surface area contributed by atoms with E-state index >= 15 is 0 Å². The number of sulfonamides is 1. The predicted octanol–water partition coefficient (Wildman–Crippen LogP) is 1.12. The summed E-state index contributed by atoms with van der Waals surface area (Å²) in [5.41, 5.74) is 0. The molecule has 0 saturated heterocycles. The Labute approximate surface area is 120 Å². The van der Waals surface area contributed by atoms with Gasteiger partial charge in [-0.25, -0.2) is 13.1 Å². The van der Waals surface area contributed by atoms with Gasteiger partial charge in [-0.1, -0.05) is 19.8 Å². The highest BCUT2D eigenvalue weighted by molar-refractivity contribution is 7.89. The minimum absolute atomic E-state index is 0.0227. The van der Waals surface area contributed by atoms with E-state index in [1.54, 1.807) is 4.68 Å². The third kappa shape index (κ3) is 3.80. The van der Waals surface area contributed by atoms with Crippen LogP contribution in [0.5, 0.6) is 0 Å². The third-order valence-electron chi connectivity index (χ3n) is 3.88. The predicted molar refractivity (Wildman–Crippen MR) is 75.7 cm³/mol. The van der Waals surface area contributed by atoms with Gasteiger partial charge in [-0.05, 0) is 25.2 Å². The highest BCUT2D eigenvalue weighted by atomic mass is 32.2. The Balaban J connectivity index is 2.03. The molecule has 1 heterocycles. The molecule has 1 fully saturated rings. The van der Waals surface area contributed by atoms with E-state index in [1.807, 2.05) is 0 Å². The van der Waals surface area contributed by atoms with E-state index < -0.39 is 10.0 Å². The Kier molecular flexibility index (Phi) is 5.17. The molecule has 0 amide bonds. The van der Waals surface area contributed by atoms with Crippen LogP contribution >= 0.6 is 0 Å². The minimum Gasteiger partial charge on any atom is -0.396 e. The summed E-state index contributed by atoms with van der Waals surface area (Å²) in [4.78, 5) is 0.202. The van der Waals surface area contributed by atoms with Crippen molar-refractivity contribution in [2.24, 2.45) is 5.92 Å². The van der Waals surface area contributed by atoms with E-state index in [0.717, 1.165) is 19.3 Å². The van der Waals surface area contributed by atoms with Gasteiger partial charge >= 0.3 is 0 Å². The fourth-order valence-electron chi connectivity index (χ4n) is 2.60. The molecule has 0 bridgehead atoms. The number of nitrogens with one attached hydrogen (secondary N) is 1. The zero-order chi connectivity index (χ0) is 14.6. The fourth-order valence-corrected chi connectivity index (χ4v) is 3.93. The van der Waals surface area contributed by atoms with E-state index in [9.17, 15) is 8.42 Å². The first kappa shape index (κ1) is 15.5. The van der Waals surface area contributed by atoms with Crippen molar-refractivity contribution in [3.8, 4) is 0 Å². The van der Waals surface area contributed by atoms with Crippen LogP contribution in [0.1, 0.15) is 39.0 Å². The summed E-state index contributed by atoms with van der Waals surface area (Å²) in [6.07, 6.45) is 7.68. The number of hydrogen-bond acceptors (Lipinski definition) is 4. The second kappa shape index (κ2) is 6.69. The van der Waals surface area contributed by atoms with Gasteiger partial charge in [-0.3, -0.25) is 4.68 Å². The third-order valence-corrected chi connectivity index (χ3v) is 5.33. The normalized spacial score (nSPS) is 23.9. The molecule has 1 aromatic rings. The molecule has 0 aromatic carbocycles. The molecule has 1 aliphatic rings. The van der Waals surface area contributed by atoms with Crippen molar-refractivity contribution in [3.05, 3.63) is 12.4 Å². The molecule has 1 aliphatic carbocycles. The van der Waals surface area contributed by atoms with Gasteiger partial charge < -0.3 is 5.11 Å². The topological polar surface area (TPSA) is 84.2 Å². The van der Waals surface area contributed by atoms with Crippen molar-refractivity contribution in [1.82, 2.24) is 14.5 Å². The van der Waals surface area contributed by atoms with Gasteiger partial charge in [0.25, 0.3) is 0 Å². The first-order chi connectivity index (χ1) is 9.53. The second-order valence-corrected chi connectivity index (χ2v) is 7.22. The van der Waals surface area contributed by atoms with Crippen molar-refractivity contribution >= 4 is 10.0 Å². The van der Waals surface area contributed by atoms with E-state index in [-0.39, 0.29) is 17.5 Å². The van der Waals surface area contributed by atoms with Crippen molar-refractivity contribution < 1.29 is 13.5 Å². The number of rotatable bonds is 6. The van der Waals surface area contributed by atoms with Crippen LogP contribution in [0.25, 0.3) is 0 Å². The maximum atomic E-state index is 12.3. The van der Waals surface area contributed by atoms with E-state index in [0.29, 0.717) is 18.9 Å². The summed E-state index contributed by atoms with van der Waals surface area (Å²) in [5, 5.41) is 12.8. The van der Waals surface area contributed by atoms with Gasteiger partial charge in [0, 0.05) is 25.4 Å². The van der Waals surface area contributed by atoms with Crippen LogP contribution in [-0.4, -0.2) is 36.0 Å².